The normalized spacial score (nSPS) is 10.6. The summed E-state index contributed by atoms with van der Waals surface area (Å²) in [6.07, 6.45) is 3.37. The minimum absolute atomic E-state index is 0.250. The van der Waals surface area contributed by atoms with E-state index in [1.54, 1.807) is 16.8 Å². The van der Waals surface area contributed by atoms with Crippen LogP contribution in [0.3, 0.4) is 0 Å². The van der Waals surface area contributed by atoms with Gasteiger partial charge in [-0.05, 0) is 17.7 Å². The molecule has 2 heterocycles. The van der Waals surface area contributed by atoms with Crippen LogP contribution in [0, 0.1) is 0 Å². The van der Waals surface area contributed by atoms with Gasteiger partial charge >= 0.3 is 5.69 Å². The number of aromatic nitrogens is 2. The minimum Gasteiger partial charge on any atom is -0.267 e. The summed E-state index contributed by atoms with van der Waals surface area (Å²) in [6.45, 7) is 0. The van der Waals surface area contributed by atoms with Crippen molar-refractivity contribution >= 4 is 5.52 Å². The summed E-state index contributed by atoms with van der Waals surface area (Å²) in [5.41, 5.74) is 2.65. The van der Waals surface area contributed by atoms with Crippen LogP contribution in [-0.2, 0) is 0 Å². The average Bonchev–Trinajstić information content (AvgIpc) is 2.41. The second kappa shape index (κ2) is 3.87. The predicted molar refractivity (Wildman–Crippen MR) is 66.9 cm³/mol. The summed E-state index contributed by atoms with van der Waals surface area (Å²) in [7, 11) is 0. The number of pyridine rings is 1. The van der Waals surface area contributed by atoms with Crippen LogP contribution in [0.25, 0.3) is 16.6 Å². The van der Waals surface area contributed by atoms with E-state index in [0.717, 1.165) is 16.6 Å². The van der Waals surface area contributed by atoms with E-state index in [9.17, 15) is 4.79 Å². The van der Waals surface area contributed by atoms with Crippen LogP contribution in [0.4, 0.5) is 0 Å². The monoisotopic (exact) mass is 222 g/mol. The van der Waals surface area contributed by atoms with Gasteiger partial charge in [0, 0.05) is 18.0 Å². The van der Waals surface area contributed by atoms with Gasteiger partial charge in [-0.25, -0.2) is 9.78 Å². The Morgan fingerprint density at radius 1 is 0.941 bits per heavy atom. The fraction of sp³-hybridized carbons (Fsp3) is 0. The number of hydrogen-bond acceptors (Lipinski definition) is 2. The highest BCUT2D eigenvalue weighted by molar-refractivity contribution is 5.79. The maximum atomic E-state index is 11.6. The van der Waals surface area contributed by atoms with Crippen molar-refractivity contribution in [2.75, 3.05) is 0 Å². The molecule has 0 radical (unpaired) electrons. The standard InChI is InChI=1S/C14H10N2O/c17-14-15-10-12(11-6-2-1-3-7-11)13-8-4-5-9-16(13)14/h1-10H. The molecule has 3 rings (SSSR count). The molecule has 0 aliphatic rings. The highest BCUT2D eigenvalue weighted by atomic mass is 16.1. The van der Waals surface area contributed by atoms with Crippen LogP contribution in [0.2, 0.25) is 0 Å². The first-order valence-electron chi connectivity index (χ1n) is 5.38. The van der Waals surface area contributed by atoms with E-state index in [2.05, 4.69) is 4.98 Å². The van der Waals surface area contributed by atoms with Crippen LogP contribution >= 0.6 is 0 Å². The van der Waals surface area contributed by atoms with Gasteiger partial charge in [-0.2, -0.15) is 0 Å². The van der Waals surface area contributed by atoms with E-state index in [-0.39, 0.29) is 5.69 Å². The van der Waals surface area contributed by atoms with Gasteiger partial charge in [0.1, 0.15) is 0 Å². The second-order valence-electron chi connectivity index (χ2n) is 3.78. The van der Waals surface area contributed by atoms with Crippen LogP contribution in [0.1, 0.15) is 0 Å². The molecule has 0 spiro atoms. The summed E-state index contributed by atoms with van der Waals surface area (Å²) in [6, 6.07) is 15.6. The zero-order chi connectivity index (χ0) is 11.7. The smallest absolute Gasteiger partial charge is 0.267 e. The Balaban J connectivity index is 2.39. The molecular formula is C14H10N2O. The molecule has 0 unspecified atom stereocenters. The molecule has 1 aromatic carbocycles. The maximum absolute atomic E-state index is 11.6. The Morgan fingerprint density at radius 3 is 2.53 bits per heavy atom. The summed E-state index contributed by atoms with van der Waals surface area (Å²) in [5, 5.41) is 0. The van der Waals surface area contributed by atoms with Gasteiger partial charge in [0.25, 0.3) is 0 Å². The first-order chi connectivity index (χ1) is 8.36. The lowest BCUT2D eigenvalue weighted by Gasteiger charge is -2.06. The van der Waals surface area contributed by atoms with E-state index in [1.165, 1.54) is 0 Å². The van der Waals surface area contributed by atoms with E-state index >= 15 is 0 Å². The molecule has 82 valence electrons. The van der Waals surface area contributed by atoms with E-state index in [1.807, 2.05) is 48.5 Å². The van der Waals surface area contributed by atoms with Gasteiger partial charge in [0.05, 0.1) is 5.52 Å². The van der Waals surface area contributed by atoms with Crippen LogP contribution < -0.4 is 5.69 Å². The molecule has 2 aromatic heterocycles. The average molecular weight is 222 g/mol. The molecule has 0 bridgehead atoms. The SMILES string of the molecule is O=c1ncc(-c2ccccc2)c2ccccn12. The maximum Gasteiger partial charge on any atom is 0.352 e. The van der Waals surface area contributed by atoms with Crippen LogP contribution in [0.15, 0.2) is 65.7 Å². The predicted octanol–water partition coefficient (Wildman–Crippen LogP) is 2.36. The molecule has 0 saturated heterocycles. The van der Waals surface area contributed by atoms with Gasteiger partial charge in [-0.1, -0.05) is 36.4 Å². The van der Waals surface area contributed by atoms with E-state index in [4.69, 9.17) is 0 Å². The highest BCUT2D eigenvalue weighted by Gasteiger charge is 2.04. The number of hydrogen-bond donors (Lipinski definition) is 0. The summed E-state index contributed by atoms with van der Waals surface area (Å²) in [4.78, 5) is 15.5. The Kier molecular flexibility index (Phi) is 2.22. The minimum atomic E-state index is -0.250. The molecule has 0 N–H and O–H groups in total. The Morgan fingerprint density at radius 2 is 1.71 bits per heavy atom. The topological polar surface area (TPSA) is 34.4 Å². The molecule has 0 atom stereocenters. The van der Waals surface area contributed by atoms with Crippen molar-refractivity contribution in [3.05, 3.63) is 71.4 Å². The van der Waals surface area contributed by atoms with Crippen LogP contribution in [-0.4, -0.2) is 9.38 Å². The van der Waals surface area contributed by atoms with Crippen LogP contribution in [0.5, 0.6) is 0 Å². The molecule has 0 aliphatic heterocycles. The summed E-state index contributed by atoms with van der Waals surface area (Å²) in [5.74, 6) is 0. The Hall–Kier alpha value is -2.42. The lowest BCUT2D eigenvalue weighted by atomic mass is 10.1. The lowest BCUT2D eigenvalue weighted by Crippen LogP contribution is -2.16. The van der Waals surface area contributed by atoms with Crippen molar-refractivity contribution in [2.45, 2.75) is 0 Å². The third-order valence-corrected chi connectivity index (χ3v) is 2.73. The molecule has 0 aliphatic carbocycles. The van der Waals surface area contributed by atoms with Gasteiger partial charge in [-0.3, -0.25) is 4.40 Å². The molecule has 3 heteroatoms. The third-order valence-electron chi connectivity index (χ3n) is 2.73. The molecule has 0 fully saturated rings. The van der Waals surface area contributed by atoms with Gasteiger partial charge < -0.3 is 0 Å². The van der Waals surface area contributed by atoms with E-state index < -0.39 is 0 Å². The molecule has 0 amide bonds. The van der Waals surface area contributed by atoms with Crippen molar-refractivity contribution in [1.82, 2.24) is 9.38 Å². The Labute approximate surface area is 98.0 Å². The third kappa shape index (κ3) is 1.61. The van der Waals surface area contributed by atoms with Crippen molar-refractivity contribution in [3.8, 4) is 11.1 Å². The Bertz CT molecular complexity index is 717. The summed E-state index contributed by atoms with van der Waals surface area (Å²) < 4.78 is 1.56. The molecule has 3 nitrogen and oxygen atoms in total. The first kappa shape index (κ1) is 9.78. The lowest BCUT2D eigenvalue weighted by molar-refractivity contribution is 0.995. The zero-order valence-corrected chi connectivity index (χ0v) is 9.08. The van der Waals surface area contributed by atoms with Crippen molar-refractivity contribution in [3.63, 3.8) is 0 Å². The molecule has 0 saturated carbocycles. The van der Waals surface area contributed by atoms with Crippen molar-refractivity contribution in [1.29, 1.82) is 0 Å². The van der Waals surface area contributed by atoms with Crippen molar-refractivity contribution in [2.24, 2.45) is 0 Å². The van der Waals surface area contributed by atoms with Gasteiger partial charge in [0.15, 0.2) is 0 Å². The molecule has 3 aromatic rings. The largest absolute Gasteiger partial charge is 0.352 e. The fourth-order valence-corrected chi connectivity index (χ4v) is 1.92. The number of rotatable bonds is 1. The molecular weight excluding hydrogens is 212 g/mol. The van der Waals surface area contributed by atoms with Gasteiger partial charge in [0.2, 0.25) is 0 Å². The highest BCUT2D eigenvalue weighted by Crippen LogP contribution is 2.21. The zero-order valence-electron chi connectivity index (χ0n) is 9.08. The number of fused-ring (bicyclic) bond motifs is 1. The quantitative estimate of drug-likeness (QED) is 0.633. The molecule has 17 heavy (non-hydrogen) atoms. The fourth-order valence-electron chi connectivity index (χ4n) is 1.92. The first-order valence-corrected chi connectivity index (χ1v) is 5.38. The number of nitrogens with zero attached hydrogens (tertiary/aromatic N) is 2. The second-order valence-corrected chi connectivity index (χ2v) is 3.78. The number of benzene rings is 1. The van der Waals surface area contributed by atoms with E-state index in [0.29, 0.717) is 0 Å². The van der Waals surface area contributed by atoms with Crippen molar-refractivity contribution < 1.29 is 0 Å². The summed E-state index contributed by atoms with van der Waals surface area (Å²) >= 11 is 0. The van der Waals surface area contributed by atoms with Gasteiger partial charge in [-0.15, -0.1) is 0 Å².